The smallest absolute Gasteiger partial charge is 0.134 e. The molecule has 2 N–H and O–H groups in total. The Morgan fingerprint density at radius 1 is 1.28 bits per heavy atom. The van der Waals surface area contributed by atoms with Crippen molar-refractivity contribution in [1.82, 2.24) is 4.90 Å². The van der Waals surface area contributed by atoms with Crippen LogP contribution in [0.5, 0.6) is 0 Å². The van der Waals surface area contributed by atoms with Crippen LogP contribution in [0.3, 0.4) is 0 Å². The summed E-state index contributed by atoms with van der Waals surface area (Å²) in [6.45, 7) is 6.98. The van der Waals surface area contributed by atoms with E-state index in [0.717, 1.165) is 11.3 Å². The summed E-state index contributed by atoms with van der Waals surface area (Å²) in [6, 6.07) is 8.81. The van der Waals surface area contributed by atoms with E-state index in [4.69, 9.17) is 10.2 Å². The van der Waals surface area contributed by atoms with E-state index >= 15 is 0 Å². The molecule has 0 saturated heterocycles. The first-order valence-corrected chi connectivity index (χ1v) is 6.46. The maximum Gasteiger partial charge on any atom is 0.134 e. The first kappa shape index (κ1) is 13.1. The Morgan fingerprint density at radius 3 is 2.56 bits per heavy atom. The zero-order chi connectivity index (χ0) is 13.3. The van der Waals surface area contributed by atoms with Gasteiger partial charge in [-0.15, -0.1) is 0 Å². The van der Waals surface area contributed by atoms with Gasteiger partial charge in [0.1, 0.15) is 11.3 Å². The molecule has 1 heterocycles. The standard InChI is InChI=1S/C15H22N2O/c1-10(2)17(4)13(9-16)15-11(3)18-14-8-6-5-7-12(14)15/h5-8,10,13H,9,16H2,1-4H3. The Bertz CT molecular complexity index is 530. The van der Waals surface area contributed by atoms with Gasteiger partial charge in [0.25, 0.3) is 0 Å². The highest BCUT2D eigenvalue weighted by Gasteiger charge is 2.24. The van der Waals surface area contributed by atoms with E-state index in [-0.39, 0.29) is 6.04 Å². The van der Waals surface area contributed by atoms with Crippen molar-refractivity contribution in [2.45, 2.75) is 32.9 Å². The van der Waals surface area contributed by atoms with Crippen LogP contribution in [0.4, 0.5) is 0 Å². The Kier molecular flexibility index (Phi) is 3.73. The quantitative estimate of drug-likeness (QED) is 0.901. The molecule has 0 radical (unpaired) electrons. The molecule has 1 aromatic heterocycles. The lowest BCUT2D eigenvalue weighted by molar-refractivity contribution is 0.200. The molecule has 0 aliphatic heterocycles. The third-order valence-electron chi connectivity index (χ3n) is 3.68. The van der Waals surface area contributed by atoms with Crippen LogP contribution in [0.25, 0.3) is 11.0 Å². The molecule has 0 aliphatic carbocycles. The summed E-state index contributed by atoms with van der Waals surface area (Å²) >= 11 is 0. The summed E-state index contributed by atoms with van der Waals surface area (Å²) < 4.78 is 5.83. The lowest BCUT2D eigenvalue weighted by Crippen LogP contribution is -2.35. The molecule has 0 bridgehead atoms. The fourth-order valence-electron chi connectivity index (χ4n) is 2.45. The van der Waals surface area contributed by atoms with Crippen LogP contribution >= 0.6 is 0 Å². The third-order valence-corrected chi connectivity index (χ3v) is 3.68. The van der Waals surface area contributed by atoms with Gasteiger partial charge >= 0.3 is 0 Å². The summed E-state index contributed by atoms with van der Waals surface area (Å²) in [5.41, 5.74) is 8.15. The van der Waals surface area contributed by atoms with Gasteiger partial charge < -0.3 is 10.2 Å². The zero-order valence-corrected chi connectivity index (χ0v) is 11.6. The van der Waals surface area contributed by atoms with Gasteiger partial charge in [-0.05, 0) is 33.9 Å². The van der Waals surface area contributed by atoms with Crippen molar-refractivity contribution in [3.05, 3.63) is 35.6 Å². The van der Waals surface area contributed by atoms with Gasteiger partial charge in [0.15, 0.2) is 0 Å². The average Bonchev–Trinajstić information content (AvgIpc) is 2.67. The van der Waals surface area contributed by atoms with E-state index in [2.05, 4.69) is 31.9 Å². The summed E-state index contributed by atoms with van der Waals surface area (Å²) in [7, 11) is 2.11. The normalized spacial score (nSPS) is 13.7. The first-order valence-electron chi connectivity index (χ1n) is 6.46. The van der Waals surface area contributed by atoms with E-state index in [1.807, 2.05) is 25.1 Å². The molecular weight excluding hydrogens is 224 g/mol. The van der Waals surface area contributed by atoms with Crippen molar-refractivity contribution in [2.24, 2.45) is 5.73 Å². The topological polar surface area (TPSA) is 42.4 Å². The average molecular weight is 246 g/mol. The fourth-order valence-corrected chi connectivity index (χ4v) is 2.45. The molecule has 1 atom stereocenters. The molecule has 2 aromatic rings. The second kappa shape index (κ2) is 5.12. The van der Waals surface area contributed by atoms with Gasteiger partial charge in [-0.1, -0.05) is 18.2 Å². The number of para-hydroxylation sites is 1. The molecule has 18 heavy (non-hydrogen) atoms. The van der Waals surface area contributed by atoms with E-state index in [1.54, 1.807) is 0 Å². The number of hydrogen-bond acceptors (Lipinski definition) is 3. The summed E-state index contributed by atoms with van der Waals surface area (Å²) in [4.78, 5) is 2.30. The Labute approximate surface area is 109 Å². The molecule has 0 aliphatic rings. The van der Waals surface area contributed by atoms with E-state index in [0.29, 0.717) is 12.6 Å². The van der Waals surface area contributed by atoms with E-state index < -0.39 is 0 Å². The number of benzene rings is 1. The van der Waals surface area contributed by atoms with Crippen molar-refractivity contribution in [3.63, 3.8) is 0 Å². The summed E-state index contributed by atoms with van der Waals surface area (Å²) in [6.07, 6.45) is 0. The number of likely N-dealkylation sites (N-methyl/N-ethyl adjacent to an activating group) is 1. The Balaban J connectivity index is 2.54. The van der Waals surface area contributed by atoms with Crippen molar-refractivity contribution in [2.75, 3.05) is 13.6 Å². The number of furan rings is 1. The molecule has 2 rings (SSSR count). The highest BCUT2D eigenvalue weighted by Crippen LogP contribution is 2.33. The molecule has 3 nitrogen and oxygen atoms in total. The Morgan fingerprint density at radius 2 is 1.94 bits per heavy atom. The number of fused-ring (bicyclic) bond motifs is 1. The van der Waals surface area contributed by atoms with Crippen LogP contribution < -0.4 is 5.73 Å². The maximum absolute atomic E-state index is 5.98. The van der Waals surface area contributed by atoms with Crippen molar-refractivity contribution < 1.29 is 4.42 Å². The number of aryl methyl sites for hydroxylation is 1. The largest absolute Gasteiger partial charge is 0.461 e. The highest BCUT2D eigenvalue weighted by atomic mass is 16.3. The van der Waals surface area contributed by atoms with Crippen LogP contribution in [0.15, 0.2) is 28.7 Å². The molecule has 0 fully saturated rings. The first-order chi connectivity index (χ1) is 8.56. The van der Waals surface area contributed by atoms with Gasteiger partial charge in [0, 0.05) is 23.5 Å². The Hall–Kier alpha value is -1.32. The third kappa shape index (κ3) is 2.16. The maximum atomic E-state index is 5.98. The minimum atomic E-state index is 0.202. The molecule has 98 valence electrons. The minimum absolute atomic E-state index is 0.202. The molecule has 0 amide bonds. The van der Waals surface area contributed by atoms with Gasteiger partial charge in [-0.25, -0.2) is 0 Å². The predicted octanol–water partition coefficient (Wildman–Crippen LogP) is 3.08. The molecule has 1 aromatic carbocycles. The number of nitrogens with two attached hydrogens (primary N) is 1. The highest BCUT2D eigenvalue weighted by molar-refractivity contribution is 5.82. The molecular formula is C15H22N2O. The predicted molar refractivity (Wildman–Crippen MR) is 75.6 cm³/mol. The lowest BCUT2D eigenvalue weighted by atomic mass is 10.0. The second-order valence-electron chi connectivity index (χ2n) is 5.08. The van der Waals surface area contributed by atoms with Gasteiger partial charge in [0.05, 0.1) is 6.04 Å². The second-order valence-corrected chi connectivity index (χ2v) is 5.08. The number of nitrogens with zero attached hydrogens (tertiary/aromatic N) is 1. The zero-order valence-electron chi connectivity index (χ0n) is 11.6. The van der Waals surface area contributed by atoms with Crippen LogP contribution in [0.2, 0.25) is 0 Å². The molecule has 1 unspecified atom stereocenters. The van der Waals surface area contributed by atoms with Gasteiger partial charge in [-0.3, -0.25) is 4.90 Å². The summed E-state index contributed by atoms with van der Waals surface area (Å²) in [5, 5.41) is 1.18. The van der Waals surface area contributed by atoms with Crippen LogP contribution in [0.1, 0.15) is 31.2 Å². The van der Waals surface area contributed by atoms with Gasteiger partial charge in [0.2, 0.25) is 0 Å². The van der Waals surface area contributed by atoms with Crippen molar-refractivity contribution >= 4 is 11.0 Å². The van der Waals surface area contributed by atoms with Crippen LogP contribution in [0, 0.1) is 6.92 Å². The van der Waals surface area contributed by atoms with Crippen molar-refractivity contribution in [3.8, 4) is 0 Å². The lowest BCUT2D eigenvalue weighted by Gasteiger charge is -2.30. The number of hydrogen-bond donors (Lipinski definition) is 1. The SMILES string of the molecule is Cc1oc2ccccc2c1C(CN)N(C)C(C)C. The van der Waals surface area contributed by atoms with Crippen LogP contribution in [-0.2, 0) is 0 Å². The van der Waals surface area contributed by atoms with Gasteiger partial charge in [-0.2, -0.15) is 0 Å². The number of rotatable bonds is 4. The van der Waals surface area contributed by atoms with E-state index in [1.165, 1.54) is 10.9 Å². The van der Waals surface area contributed by atoms with Crippen LogP contribution in [-0.4, -0.2) is 24.5 Å². The van der Waals surface area contributed by atoms with Crippen molar-refractivity contribution in [1.29, 1.82) is 0 Å². The monoisotopic (exact) mass is 246 g/mol. The minimum Gasteiger partial charge on any atom is -0.461 e. The molecule has 0 spiro atoms. The summed E-state index contributed by atoms with van der Waals surface area (Å²) in [5.74, 6) is 0.971. The fraction of sp³-hybridized carbons (Fsp3) is 0.467. The van der Waals surface area contributed by atoms with E-state index in [9.17, 15) is 0 Å². The molecule has 3 heteroatoms. The molecule has 0 saturated carbocycles.